The maximum absolute atomic E-state index is 11.8. The highest BCUT2D eigenvalue weighted by molar-refractivity contribution is 5.66. The van der Waals surface area contributed by atoms with Crippen LogP contribution in [0.15, 0.2) is 42.5 Å². The molecule has 2 aliphatic heterocycles. The Bertz CT molecular complexity index is 790. The Balaban J connectivity index is 1.80. The molecule has 0 saturated carbocycles. The summed E-state index contributed by atoms with van der Waals surface area (Å²) in [5.74, 6) is 1.27. The fourth-order valence-electron chi connectivity index (χ4n) is 3.70. The van der Waals surface area contributed by atoms with Gasteiger partial charge in [0.25, 0.3) is 0 Å². The summed E-state index contributed by atoms with van der Waals surface area (Å²) in [4.78, 5) is 14.0. The van der Waals surface area contributed by atoms with Gasteiger partial charge >= 0.3 is 5.97 Å². The van der Waals surface area contributed by atoms with Gasteiger partial charge in [-0.15, -0.1) is 0 Å². The summed E-state index contributed by atoms with van der Waals surface area (Å²) in [6.45, 7) is 2.60. The molecule has 130 valence electrons. The number of hydrogen-bond acceptors (Lipinski definition) is 5. The molecule has 0 radical (unpaired) electrons. The molecule has 0 fully saturated rings. The van der Waals surface area contributed by atoms with Crippen molar-refractivity contribution in [1.82, 2.24) is 4.90 Å². The van der Waals surface area contributed by atoms with E-state index >= 15 is 0 Å². The van der Waals surface area contributed by atoms with E-state index in [-0.39, 0.29) is 24.9 Å². The fraction of sp³-hybridized carbons (Fsp3) is 0.350. The maximum Gasteiger partial charge on any atom is 0.303 e. The highest BCUT2D eigenvalue weighted by Gasteiger charge is 2.36. The second-order valence-corrected chi connectivity index (χ2v) is 6.52. The molecule has 2 atom stereocenters. The van der Waals surface area contributed by atoms with Crippen molar-refractivity contribution in [2.24, 2.45) is 0 Å². The molecule has 0 aromatic heterocycles. The molecule has 4 rings (SSSR count). The van der Waals surface area contributed by atoms with Crippen LogP contribution < -0.4 is 9.47 Å². The zero-order valence-electron chi connectivity index (χ0n) is 14.4. The minimum absolute atomic E-state index is 0.0652. The van der Waals surface area contributed by atoms with Gasteiger partial charge in [-0.3, -0.25) is 9.69 Å². The lowest BCUT2D eigenvalue weighted by Gasteiger charge is -2.39. The number of carbonyl (C=O) groups is 1. The second-order valence-electron chi connectivity index (χ2n) is 6.52. The zero-order chi connectivity index (χ0) is 17.4. The molecule has 0 aliphatic carbocycles. The van der Waals surface area contributed by atoms with Crippen LogP contribution in [0.1, 0.15) is 35.8 Å². The highest BCUT2D eigenvalue weighted by Crippen LogP contribution is 2.45. The average molecular weight is 339 g/mol. The summed E-state index contributed by atoms with van der Waals surface area (Å²) in [6.07, 6.45) is 0.559. The summed E-state index contributed by atoms with van der Waals surface area (Å²) in [5, 5.41) is 0. The van der Waals surface area contributed by atoms with Crippen molar-refractivity contribution >= 4 is 5.97 Å². The molecule has 5 heteroatoms. The quantitative estimate of drug-likeness (QED) is 0.804. The lowest BCUT2D eigenvalue weighted by atomic mass is 9.86. The molecule has 0 N–H and O–H groups in total. The topological polar surface area (TPSA) is 48.0 Å². The van der Waals surface area contributed by atoms with E-state index in [2.05, 4.69) is 18.0 Å². The Morgan fingerprint density at radius 3 is 2.64 bits per heavy atom. The number of benzene rings is 2. The van der Waals surface area contributed by atoms with Crippen LogP contribution in [0.4, 0.5) is 0 Å². The van der Waals surface area contributed by atoms with Crippen LogP contribution >= 0.6 is 0 Å². The fourth-order valence-corrected chi connectivity index (χ4v) is 3.70. The lowest BCUT2D eigenvalue weighted by molar-refractivity contribution is -0.150. The molecule has 2 aromatic carbocycles. The van der Waals surface area contributed by atoms with Crippen LogP contribution in [0.25, 0.3) is 0 Å². The zero-order valence-corrected chi connectivity index (χ0v) is 14.4. The summed E-state index contributed by atoms with van der Waals surface area (Å²) < 4.78 is 16.9. The van der Waals surface area contributed by atoms with Crippen molar-refractivity contribution in [2.45, 2.75) is 25.5 Å². The Kier molecular flexibility index (Phi) is 4.09. The van der Waals surface area contributed by atoms with Crippen LogP contribution in [0, 0.1) is 0 Å². The van der Waals surface area contributed by atoms with Crippen molar-refractivity contribution in [3.05, 3.63) is 59.2 Å². The van der Waals surface area contributed by atoms with Gasteiger partial charge < -0.3 is 14.2 Å². The number of ether oxygens (including phenoxy) is 3. The molecular weight excluding hydrogens is 318 g/mol. The predicted octanol–water partition coefficient (Wildman–Crippen LogP) is 3.25. The third-order valence-electron chi connectivity index (χ3n) is 4.87. The van der Waals surface area contributed by atoms with Crippen LogP contribution in [0.3, 0.4) is 0 Å². The van der Waals surface area contributed by atoms with E-state index in [1.807, 2.05) is 36.4 Å². The Hall–Kier alpha value is -2.53. The summed E-state index contributed by atoms with van der Waals surface area (Å²) in [6, 6.07) is 13.9. The third kappa shape index (κ3) is 2.96. The van der Waals surface area contributed by atoms with Gasteiger partial charge in [-0.2, -0.15) is 0 Å². The van der Waals surface area contributed by atoms with Gasteiger partial charge in [0.2, 0.25) is 6.79 Å². The van der Waals surface area contributed by atoms with Gasteiger partial charge in [-0.1, -0.05) is 30.3 Å². The first-order chi connectivity index (χ1) is 12.1. The average Bonchev–Trinajstić information content (AvgIpc) is 3.06. The van der Waals surface area contributed by atoms with Gasteiger partial charge in [-0.25, -0.2) is 0 Å². The SMILES string of the molecule is CC(=O)OC(c1ccccc1)C1c2cc3c(cc2CCN1C)OCO3. The van der Waals surface area contributed by atoms with Crippen molar-refractivity contribution in [2.75, 3.05) is 20.4 Å². The first-order valence-corrected chi connectivity index (χ1v) is 8.48. The summed E-state index contributed by atoms with van der Waals surface area (Å²) in [5.41, 5.74) is 3.34. The van der Waals surface area contributed by atoms with Gasteiger partial charge in [0.15, 0.2) is 11.5 Å². The highest BCUT2D eigenvalue weighted by atomic mass is 16.7. The Morgan fingerprint density at radius 1 is 1.20 bits per heavy atom. The van der Waals surface area contributed by atoms with Gasteiger partial charge in [0.1, 0.15) is 6.10 Å². The molecule has 0 saturated heterocycles. The first kappa shape index (κ1) is 16.0. The minimum atomic E-state index is -0.372. The van der Waals surface area contributed by atoms with E-state index in [1.54, 1.807) is 0 Å². The number of nitrogens with zero attached hydrogens (tertiary/aromatic N) is 1. The molecule has 2 heterocycles. The normalized spacial score (nSPS) is 20.0. The van der Waals surface area contributed by atoms with Crippen LogP contribution in [0.5, 0.6) is 11.5 Å². The van der Waals surface area contributed by atoms with Gasteiger partial charge in [0.05, 0.1) is 6.04 Å². The van der Waals surface area contributed by atoms with Crippen LogP contribution in [0.2, 0.25) is 0 Å². The predicted molar refractivity (Wildman–Crippen MR) is 92.6 cm³/mol. The molecule has 0 spiro atoms. The molecule has 2 aliphatic rings. The van der Waals surface area contributed by atoms with Crippen molar-refractivity contribution in [3.8, 4) is 11.5 Å². The van der Waals surface area contributed by atoms with Crippen LogP contribution in [-0.2, 0) is 16.0 Å². The molecule has 2 aromatic rings. The smallest absolute Gasteiger partial charge is 0.303 e. The standard InChI is InChI=1S/C20H21NO4/c1-13(22)25-20(14-6-4-3-5-7-14)19-16-11-18-17(23-12-24-18)10-15(16)8-9-21(19)2/h3-7,10-11,19-20H,8-9,12H2,1-2H3. The number of likely N-dealkylation sites (N-methyl/N-ethyl adjacent to an activating group) is 1. The van der Waals surface area contributed by atoms with Gasteiger partial charge in [-0.05, 0) is 42.3 Å². The van der Waals surface area contributed by atoms with Gasteiger partial charge in [0, 0.05) is 13.5 Å². The van der Waals surface area contributed by atoms with Crippen LogP contribution in [-0.4, -0.2) is 31.3 Å². The van der Waals surface area contributed by atoms with Crippen molar-refractivity contribution in [1.29, 1.82) is 0 Å². The Morgan fingerprint density at radius 2 is 1.92 bits per heavy atom. The number of fused-ring (bicyclic) bond motifs is 2. The van der Waals surface area contributed by atoms with E-state index in [0.29, 0.717) is 0 Å². The van der Waals surface area contributed by atoms with E-state index in [1.165, 1.54) is 12.5 Å². The lowest BCUT2D eigenvalue weighted by Crippen LogP contribution is -2.37. The maximum atomic E-state index is 11.8. The molecule has 0 amide bonds. The molecular formula is C20H21NO4. The molecule has 2 unspecified atom stereocenters. The van der Waals surface area contributed by atoms with Crippen molar-refractivity contribution in [3.63, 3.8) is 0 Å². The summed E-state index contributed by atoms with van der Waals surface area (Å²) in [7, 11) is 2.07. The number of esters is 1. The third-order valence-corrected chi connectivity index (χ3v) is 4.87. The summed E-state index contributed by atoms with van der Waals surface area (Å²) >= 11 is 0. The van der Waals surface area contributed by atoms with E-state index in [0.717, 1.165) is 35.6 Å². The minimum Gasteiger partial charge on any atom is -0.456 e. The molecule has 25 heavy (non-hydrogen) atoms. The first-order valence-electron chi connectivity index (χ1n) is 8.48. The van der Waals surface area contributed by atoms with E-state index in [9.17, 15) is 4.79 Å². The molecule has 0 bridgehead atoms. The Labute approximate surface area is 147 Å². The monoisotopic (exact) mass is 339 g/mol. The largest absolute Gasteiger partial charge is 0.456 e. The molecule has 5 nitrogen and oxygen atoms in total. The second kappa shape index (κ2) is 6.41. The number of carbonyl (C=O) groups excluding carboxylic acids is 1. The van der Waals surface area contributed by atoms with E-state index < -0.39 is 0 Å². The number of rotatable bonds is 3. The van der Waals surface area contributed by atoms with E-state index in [4.69, 9.17) is 14.2 Å². The number of hydrogen-bond donors (Lipinski definition) is 0. The van der Waals surface area contributed by atoms with Crippen molar-refractivity contribution < 1.29 is 19.0 Å².